The first-order valence-corrected chi connectivity index (χ1v) is 10.6. The molecular weight excluding hydrogens is 414 g/mol. The van der Waals surface area contributed by atoms with Crippen molar-refractivity contribution in [3.05, 3.63) is 59.5 Å². The molecule has 0 atom stereocenters. The van der Waals surface area contributed by atoms with Gasteiger partial charge in [0.05, 0.1) is 15.9 Å². The van der Waals surface area contributed by atoms with Crippen molar-refractivity contribution in [1.82, 2.24) is 14.1 Å². The summed E-state index contributed by atoms with van der Waals surface area (Å²) in [7, 11) is -5.09. The number of rotatable bonds is 5. The van der Waals surface area contributed by atoms with Crippen LogP contribution < -0.4 is 0 Å². The van der Waals surface area contributed by atoms with Crippen molar-refractivity contribution >= 4 is 27.4 Å². The zero-order valence-corrected chi connectivity index (χ0v) is 17.0. The number of likely N-dealkylation sites (N-methyl/N-ethyl adjacent to an activating group) is 1. The summed E-state index contributed by atoms with van der Waals surface area (Å²) >= 11 is 0.385. The highest BCUT2D eigenvalue weighted by molar-refractivity contribution is 7.99. The Bertz CT molecular complexity index is 1950. The van der Waals surface area contributed by atoms with Crippen LogP contribution in [-0.2, 0) is 10.0 Å². The minimum atomic E-state index is -5.91. The Morgan fingerprint density at radius 3 is 2.67 bits per heavy atom. The van der Waals surface area contributed by atoms with Crippen LogP contribution >= 0.6 is 11.8 Å². The van der Waals surface area contributed by atoms with Crippen molar-refractivity contribution in [1.29, 1.82) is 0 Å². The minimum absolute atomic E-state index is 0.166. The second-order valence-corrected chi connectivity index (χ2v) is 8.69. The smallest absolute Gasteiger partial charge is 0.242 e. The van der Waals surface area contributed by atoms with Gasteiger partial charge in [-0.25, -0.2) is 12.7 Å². The lowest BCUT2D eigenvalue weighted by Crippen LogP contribution is -2.44. The number of benzene rings is 2. The van der Waals surface area contributed by atoms with E-state index in [2.05, 4.69) is 0 Å². The summed E-state index contributed by atoms with van der Waals surface area (Å²) in [5.41, 5.74) is -2.06. The fourth-order valence-electron chi connectivity index (χ4n) is 2.54. The predicted octanol–water partition coefficient (Wildman–Crippen LogP) is 3.47. The molecule has 0 saturated carbocycles. The largest absolute Gasteiger partial charge is 0.304 e. The molecule has 0 spiro atoms. The van der Waals surface area contributed by atoms with Crippen LogP contribution in [0.5, 0.6) is 0 Å². The molecule has 4 rings (SSSR count). The average Bonchev–Trinajstić information content (AvgIpc) is 2.97. The minimum Gasteiger partial charge on any atom is -0.304 e. The molecule has 1 fully saturated rings. The molecule has 1 saturated heterocycles. The van der Waals surface area contributed by atoms with E-state index in [1.165, 1.54) is 0 Å². The van der Waals surface area contributed by atoms with Gasteiger partial charge in [-0.15, -0.1) is 0 Å². The molecule has 2 aliphatic heterocycles. The zero-order valence-electron chi connectivity index (χ0n) is 37.4. The lowest BCUT2D eigenvalue weighted by atomic mass is 9.96. The molecule has 2 aliphatic rings. The predicted molar refractivity (Wildman–Crippen MR) is 124 cm³/mol. The molecule has 2 heterocycles. The molecular formula is C23H29N3O2S2. The van der Waals surface area contributed by atoms with Crippen LogP contribution in [0.15, 0.2) is 63.0 Å². The van der Waals surface area contributed by atoms with Gasteiger partial charge in [0, 0.05) is 75.5 Å². The molecule has 160 valence electrons. The molecule has 0 aliphatic carbocycles. The molecule has 2 aromatic rings. The van der Waals surface area contributed by atoms with Crippen molar-refractivity contribution in [2.45, 2.75) is 21.1 Å². The van der Waals surface area contributed by atoms with E-state index < -0.39 is 142 Å². The second kappa shape index (κ2) is 8.85. The van der Waals surface area contributed by atoms with Crippen molar-refractivity contribution in [2.75, 3.05) is 53.5 Å². The standard InChI is InChI=1S/C23H29N3O2S2/c1-24(2)30(27,28)18-10-11-23-21(17-18)19(20-7-4-5-9-22(20)29-23)8-6-12-26-15-13-25(3)14-16-26/h4-5,7-11,17H,6,12-16H2,1-3H3/b19-8-/i1D3,2D3,4D,5D,7D,8D,9D,10D,11D,13D2,14D2,15D2,16D2,17D. The van der Waals surface area contributed by atoms with Gasteiger partial charge < -0.3 is 9.80 Å². The normalized spacial score (nSPS) is 37.7. The Hall–Kier alpha value is -1.64. The highest BCUT2D eigenvalue weighted by Crippen LogP contribution is 2.46. The lowest BCUT2D eigenvalue weighted by Gasteiger charge is -2.32. The van der Waals surface area contributed by atoms with Crippen LogP contribution in [0.1, 0.15) is 47.7 Å². The van der Waals surface area contributed by atoms with Crippen LogP contribution in [0.2, 0.25) is 0 Å². The van der Waals surface area contributed by atoms with Crippen LogP contribution in [0.25, 0.3) is 5.57 Å². The Morgan fingerprint density at radius 2 is 1.90 bits per heavy atom. The maximum Gasteiger partial charge on any atom is 0.242 e. The molecule has 0 N–H and O–H groups in total. The number of piperazine rings is 1. The first kappa shape index (κ1) is 7.46. The Morgan fingerprint density at radius 1 is 1.17 bits per heavy atom. The number of fused-ring (bicyclic) bond motifs is 2. The van der Waals surface area contributed by atoms with E-state index in [9.17, 15) is 8.42 Å². The monoisotopic (exact) mass is 465 g/mol. The summed E-state index contributed by atoms with van der Waals surface area (Å²) < 4.78 is 208. The van der Waals surface area contributed by atoms with Gasteiger partial charge in [-0.2, -0.15) is 0 Å². The molecule has 0 bridgehead atoms. The Balaban J connectivity index is 2.11. The van der Waals surface area contributed by atoms with E-state index in [1.807, 2.05) is 0 Å². The summed E-state index contributed by atoms with van der Waals surface area (Å²) in [6, 6.07) is -7.86. The number of sulfonamides is 1. The van der Waals surface area contributed by atoms with Gasteiger partial charge in [0.25, 0.3) is 0 Å². The number of hydrogen-bond acceptors (Lipinski definition) is 5. The van der Waals surface area contributed by atoms with Gasteiger partial charge in [-0.1, -0.05) is 35.9 Å². The van der Waals surface area contributed by atoms with Crippen molar-refractivity contribution in [2.24, 2.45) is 0 Å². The number of hydrogen-bond donors (Lipinski definition) is 0. The van der Waals surface area contributed by atoms with Gasteiger partial charge >= 0.3 is 0 Å². The van der Waals surface area contributed by atoms with Gasteiger partial charge in [-0.3, -0.25) is 0 Å². The molecule has 7 heteroatoms. The van der Waals surface area contributed by atoms with Crippen LogP contribution in [-0.4, -0.2) is 76.1 Å². The Kier molecular flexibility index (Phi) is 2.20. The maximum absolute atomic E-state index is 13.8. The molecule has 0 aromatic heterocycles. The van der Waals surface area contributed by atoms with Crippen LogP contribution in [0, 0.1) is 0 Å². The van der Waals surface area contributed by atoms with Gasteiger partial charge in [0.1, 0.15) is 0 Å². The van der Waals surface area contributed by atoms with Gasteiger partial charge in [0.2, 0.25) is 10.0 Å². The average molecular weight is 466 g/mol. The highest BCUT2D eigenvalue weighted by Gasteiger charge is 2.25. The third-order valence-corrected chi connectivity index (χ3v) is 6.17. The van der Waals surface area contributed by atoms with Crippen molar-refractivity contribution in [3.63, 3.8) is 0 Å². The lowest BCUT2D eigenvalue weighted by molar-refractivity contribution is 0.156. The summed E-state index contributed by atoms with van der Waals surface area (Å²) in [5, 5.41) is 0. The summed E-state index contributed by atoms with van der Waals surface area (Å²) in [6.45, 7) is -21.8. The third-order valence-electron chi connectivity index (χ3n) is 3.95. The molecule has 30 heavy (non-hydrogen) atoms. The highest BCUT2D eigenvalue weighted by atomic mass is 32.2. The van der Waals surface area contributed by atoms with E-state index in [4.69, 9.17) is 30.2 Å². The maximum atomic E-state index is 13.8. The summed E-state index contributed by atoms with van der Waals surface area (Å²) in [6.07, 6.45) is -0.898. The fourth-order valence-corrected chi connectivity index (χ4v) is 4.05. The van der Waals surface area contributed by atoms with Crippen molar-refractivity contribution < 1.29 is 38.6 Å². The first-order valence-electron chi connectivity index (χ1n) is 19.3. The summed E-state index contributed by atoms with van der Waals surface area (Å²) in [4.78, 5) is -2.11. The van der Waals surface area contributed by atoms with Crippen molar-refractivity contribution in [3.8, 4) is 0 Å². The van der Waals surface area contributed by atoms with E-state index in [-0.39, 0.29) is 14.7 Å². The van der Waals surface area contributed by atoms with Gasteiger partial charge in [-0.05, 0) is 54.3 Å². The molecule has 0 radical (unpaired) electrons. The third kappa shape index (κ3) is 4.36. The molecule has 0 unspecified atom stereocenters. The fraction of sp³-hybridized carbons (Fsp3) is 0.391. The van der Waals surface area contributed by atoms with Crippen LogP contribution in [0.3, 0.4) is 0 Å². The Labute approximate surface area is 215 Å². The van der Waals surface area contributed by atoms with E-state index in [1.54, 1.807) is 0 Å². The summed E-state index contributed by atoms with van der Waals surface area (Å²) in [5.74, 6) is 0. The second-order valence-electron chi connectivity index (χ2n) is 5.94. The molecule has 0 amide bonds. The number of nitrogens with zero attached hydrogens (tertiary/aromatic N) is 3. The first-order chi connectivity index (χ1) is 23.1. The SMILES string of the molecule is [2H]/C(CCN1C([2H])([2H])C([2H])([2H])N(C)C([2H])([2H])C1([2H])[2H])=C1\c2c([2H])c([2H])c([2H])c([2H])c2Sc2c([2H])c([2H])c(S(=O)(=O)N(C([2H])([2H])[2H])C([2H])([2H])[2H])c([2H])c21. The zero-order chi connectivity index (χ0) is 40.4. The molecule has 2 aromatic carbocycles. The van der Waals surface area contributed by atoms with Crippen LogP contribution in [0.4, 0.5) is 0 Å². The van der Waals surface area contributed by atoms with E-state index in [0.29, 0.717) is 11.8 Å². The van der Waals surface area contributed by atoms with E-state index >= 15 is 0 Å². The molecule has 5 nitrogen and oxygen atoms in total. The van der Waals surface area contributed by atoms with Gasteiger partial charge in [0.15, 0.2) is 0 Å². The topological polar surface area (TPSA) is 43.9 Å². The quantitative estimate of drug-likeness (QED) is 0.577. The van der Waals surface area contributed by atoms with E-state index in [0.717, 1.165) is 7.05 Å².